The van der Waals surface area contributed by atoms with E-state index in [1.54, 1.807) is 31.2 Å². The quantitative estimate of drug-likeness (QED) is 0.397. The molecule has 1 N–H and O–H groups in total. The topological polar surface area (TPSA) is 109 Å². The molecule has 0 spiro atoms. The van der Waals surface area contributed by atoms with Gasteiger partial charge < -0.3 is 9.73 Å². The van der Waals surface area contributed by atoms with Gasteiger partial charge in [0.2, 0.25) is 0 Å². The highest BCUT2D eigenvalue weighted by Crippen LogP contribution is 2.22. The summed E-state index contributed by atoms with van der Waals surface area (Å²) in [5.41, 5.74) is 0.983. The van der Waals surface area contributed by atoms with E-state index in [4.69, 9.17) is 21.3 Å². The monoisotopic (exact) mass is 331 g/mol. The fourth-order valence-corrected chi connectivity index (χ4v) is 1.90. The molecule has 0 saturated heterocycles. The Morgan fingerprint density at radius 3 is 2.78 bits per heavy atom. The summed E-state index contributed by atoms with van der Waals surface area (Å²) in [4.78, 5) is 22.0. The maximum atomic E-state index is 12.1. The molecule has 23 heavy (non-hydrogen) atoms. The molecule has 2 aromatic rings. The molecule has 2 rings (SSSR count). The van der Waals surface area contributed by atoms with E-state index in [2.05, 4.69) is 5.32 Å². The maximum Gasteiger partial charge on any atom is 0.433 e. The van der Waals surface area contributed by atoms with Gasteiger partial charge in [-0.25, -0.2) is 0 Å². The number of carbonyl (C=O) groups is 1. The molecular formula is C15H10ClN3O4. The second kappa shape index (κ2) is 6.77. The number of rotatable bonds is 4. The van der Waals surface area contributed by atoms with Crippen molar-refractivity contribution in [3.05, 3.63) is 62.4 Å². The van der Waals surface area contributed by atoms with Gasteiger partial charge in [0.25, 0.3) is 5.91 Å². The number of nitriles is 1. The molecule has 0 atom stereocenters. The minimum atomic E-state index is -0.710. The number of aryl methyl sites for hydroxylation is 1. The predicted octanol–water partition coefficient (Wildman–Crippen LogP) is 3.70. The number of amides is 1. The Bertz CT molecular complexity index is 849. The number of nitrogens with one attached hydrogen (secondary N) is 1. The molecule has 0 bridgehead atoms. The highest BCUT2D eigenvalue weighted by atomic mass is 35.5. The molecule has 0 fully saturated rings. The van der Waals surface area contributed by atoms with Crippen LogP contribution in [-0.2, 0) is 4.79 Å². The number of benzene rings is 1. The van der Waals surface area contributed by atoms with Gasteiger partial charge >= 0.3 is 5.88 Å². The average molecular weight is 332 g/mol. The predicted molar refractivity (Wildman–Crippen MR) is 83.8 cm³/mol. The van der Waals surface area contributed by atoms with Gasteiger partial charge in [0.05, 0.1) is 6.07 Å². The number of anilines is 1. The first-order chi connectivity index (χ1) is 10.9. The van der Waals surface area contributed by atoms with Gasteiger partial charge in [-0.3, -0.25) is 14.9 Å². The number of halogens is 1. The van der Waals surface area contributed by atoms with Crippen molar-refractivity contribution in [1.29, 1.82) is 5.26 Å². The molecule has 0 radical (unpaired) electrons. The van der Waals surface area contributed by atoms with Crippen molar-refractivity contribution in [3.8, 4) is 6.07 Å². The number of nitrogens with zero attached hydrogens (tertiary/aromatic N) is 2. The molecule has 0 aliphatic rings. The lowest BCUT2D eigenvalue weighted by molar-refractivity contribution is -0.402. The lowest BCUT2D eigenvalue weighted by Crippen LogP contribution is -2.14. The summed E-state index contributed by atoms with van der Waals surface area (Å²) in [5, 5.41) is 22.6. The molecule has 0 aliphatic heterocycles. The molecule has 116 valence electrons. The first-order valence-corrected chi connectivity index (χ1v) is 6.72. The summed E-state index contributed by atoms with van der Waals surface area (Å²) in [6.45, 7) is 1.78. The minimum Gasteiger partial charge on any atom is -0.401 e. The molecule has 0 unspecified atom stereocenters. The summed E-state index contributed by atoms with van der Waals surface area (Å²) in [5.74, 6) is -1.11. The van der Waals surface area contributed by atoms with Gasteiger partial charge in [-0.15, -0.1) is 0 Å². The highest BCUT2D eigenvalue weighted by Gasteiger charge is 2.15. The zero-order valence-corrected chi connectivity index (χ0v) is 12.6. The van der Waals surface area contributed by atoms with Gasteiger partial charge in [-0.05, 0) is 30.7 Å². The van der Waals surface area contributed by atoms with Crippen LogP contribution in [0.5, 0.6) is 0 Å². The van der Waals surface area contributed by atoms with Gasteiger partial charge in [0.1, 0.15) is 22.3 Å². The van der Waals surface area contributed by atoms with Gasteiger partial charge in [0.15, 0.2) is 0 Å². The second-order valence-corrected chi connectivity index (χ2v) is 4.95. The van der Waals surface area contributed by atoms with Crippen LogP contribution >= 0.6 is 11.6 Å². The highest BCUT2D eigenvalue weighted by molar-refractivity contribution is 6.31. The third-order valence-electron chi connectivity index (χ3n) is 2.89. The van der Waals surface area contributed by atoms with Crippen LogP contribution in [0.2, 0.25) is 5.02 Å². The number of furan rings is 1. The summed E-state index contributed by atoms with van der Waals surface area (Å²) in [6, 6.07) is 9.13. The fourth-order valence-electron chi connectivity index (χ4n) is 1.73. The van der Waals surface area contributed by atoms with E-state index in [9.17, 15) is 14.9 Å². The van der Waals surface area contributed by atoms with Gasteiger partial charge in [-0.2, -0.15) is 5.26 Å². The summed E-state index contributed by atoms with van der Waals surface area (Å²) in [7, 11) is 0. The molecule has 1 aromatic carbocycles. The molecule has 1 heterocycles. The van der Waals surface area contributed by atoms with Crippen LogP contribution in [-0.4, -0.2) is 10.8 Å². The van der Waals surface area contributed by atoms with Crippen LogP contribution in [0, 0.1) is 28.4 Å². The Balaban J connectivity index is 2.24. The second-order valence-electron chi connectivity index (χ2n) is 4.52. The van der Waals surface area contributed by atoms with E-state index in [0.717, 1.165) is 17.7 Å². The molecule has 1 aromatic heterocycles. The Hall–Kier alpha value is -3.11. The van der Waals surface area contributed by atoms with E-state index in [1.807, 2.05) is 0 Å². The van der Waals surface area contributed by atoms with Gasteiger partial charge in [0, 0.05) is 16.8 Å². The SMILES string of the molecule is Cc1ccc(Cl)cc1NC(=O)/C(C#N)=C/c1ccc([N+](=O)[O-])o1. The van der Waals surface area contributed by atoms with Crippen molar-refractivity contribution < 1.29 is 14.1 Å². The number of hydrogen-bond acceptors (Lipinski definition) is 5. The third-order valence-corrected chi connectivity index (χ3v) is 3.13. The van der Waals surface area contributed by atoms with E-state index in [1.165, 1.54) is 6.07 Å². The van der Waals surface area contributed by atoms with E-state index >= 15 is 0 Å². The van der Waals surface area contributed by atoms with E-state index < -0.39 is 16.7 Å². The number of hydrogen-bond donors (Lipinski definition) is 1. The Kier molecular flexibility index (Phi) is 4.79. The molecule has 7 nitrogen and oxygen atoms in total. The zero-order valence-electron chi connectivity index (χ0n) is 11.9. The third kappa shape index (κ3) is 3.96. The lowest BCUT2D eigenvalue weighted by atomic mass is 10.1. The van der Waals surface area contributed by atoms with Crippen molar-refractivity contribution in [3.63, 3.8) is 0 Å². The largest absolute Gasteiger partial charge is 0.433 e. The summed E-state index contributed by atoms with van der Waals surface area (Å²) >= 11 is 5.87. The van der Waals surface area contributed by atoms with Crippen LogP contribution in [0.15, 0.2) is 40.3 Å². The van der Waals surface area contributed by atoms with Crippen molar-refractivity contribution in [2.75, 3.05) is 5.32 Å². The molecular weight excluding hydrogens is 322 g/mol. The van der Waals surface area contributed by atoms with Crippen LogP contribution in [0.3, 0.4) is 0 Å². The maximum absolute atomic E-state index is 12.1. The van der Waals surface area contributed by atoms with Crippen LogP contribution in [0.1, 0.15) is 11.3 Å². The van der Waals surface area contributed by atoms with Crippen LogP contribution in [0.25, 0.3) is 6.08 Å². The van der Waals surface area contributed by atoms with E-state index in [-0.39, 0.29) is 11.3 Å². The molecule has 0 saturated carbocycles. The van der Waals surface area contributed by atoms with Crippen molar-refractivity contribution >= 4 is 35.2 Å². The Morgan fingerprint density at radius 2 is 2.17 bits per heavy atom. The normalized spacial score (nSPS) is 10.9. The summed E-state index contributed by atoms with van der Waals surface area (Å²) < 4.78 is 4.89. The van der Waals surface area contributed by atoms with E-state index in [0.29, 0.717) is 10.7 Å². The smallest absolute Gasteiger partial charge is 0.401 e. The first kappa shape index (κ1) is 16.3. The fraction of sp³-hybridized carbons (Fsp3) is 0.0667. The first-order valence-electron chi connectivity index (χ1n) is 6.34. The standard InChI is InChI=1S/C15H10ClN3O4/c1-9-2-3-11(16)7-13(9)18-15(20)10(8-17)6-12-4-5-14(23-12)19(21)22/h2-7H,1H3,(H,18,20)/b10-6+. The average Bonchev–Trinajstić information content (AvgIpc) is 2.97. The molecule has 0 aliphatic carbocycles. The molecule has 8 heteroatoms. The zero-order chi connectivity index (χ0) is 17.0. The number of carbonyl (C=O) groups excluding carboxylic acids is 1. The lowest BCUT2D eigenvalue weighted by Gasteiger charge is -2.07. The Morgan fingerprint density at radius 1 is 1.43 bits per heavy atom. The Labute approximate surface area is 135 Å². The molecule has 1 amide bonds. The van der Waals surface area contributed by atoms with Crippen LogP contribution < -0.4 is 5.32 Å². The summed E-state index contributed by atoms with van der Waals surface area (Å²) in [6.07, 6.45) is 1.13. The van der Waals surface area contributed by atoms with Crippen LogP contribution in [0.4, 0.5) is 11.6 Å². The van der Waals surface area contributed by atoms with Crippen molar-refractivity contribution in [2.24, 2.45) is 0 Å². The van der Waals surface area contributed by atoms with Crippen molar-refractivity contribution in [1.82, 2.24) is 0 Å². The number of nitro groups is 1. The minimum absolute atomic E-state index is 0.0335. The van der Waals surface area contributed by atoms with Crippen molar-refractivity contribution in [2.45, 2.75) is 6.92 Å². The van der Waals surface area contributed by atoms with Gasteiger partial charge in [-0.1, -0.05) is 17.7 Å².